The van der Waals surface area contributed by atoms with Crippen molar-refractivity contribution >= 4 is 29.3 Å². The van der Waals surface area contributed by atoms with Gasteiger partial charge in [-0.1, -0.05) is 17.3 Å². The molecule has 0 radical (unpaired) electrons. The first kappa shape index (κ1) is 26.4. The van der Waals surface area contributed by atoms with E-state index in [1.807, 2.05) is 0 Å². The van der Waals surface area contributed by atoms with Crippen LogP contribution in [0.2, 0.25) is 0 Å². The Labute approximate surface area is 170 Å². The summed E-state index contributed by atoms with van der Waals surface area (Å²) in [6, 6.07) is 4.87. The lowest BCUT2D eigenvalue weighted by Crippen LogP contribution is -2.09. The van der Waals surface area contributed by atoms with Crippen molar-refractivity contribution in [2.24, 2.45) is 10.9 Å². The Hall–Kier alpha value is -2.59. The molecule has 1 aromatic rings. The van der Waals surface area contributed by atoms with Gasteiger partial charge in [-0.05, 0) is 37.0 Å². The smallest absolute Gasteiger partial charge is 0.416 e. The van der Waals surface area contributed by atoms with E-state index in [1.165, 1.54) is 12.1 Å². The molecule has 1 aromatic carbocycles. The number of carboxylic acid groups (broad SMARTS) is 2. The van der Waals surface area contributed by atoms with Crippen molar-refractivity contribution in [2.45, 2.75) is 25.4 Å². The molecular formula is C18H22ClF3N2O5. The molecule has 0 saturated carbocycles. The van der Waals surface area contributed by atoms with Crippen LogP contribution in [0.25, 0.3) is 0 Å². The molecule has 0 atom stereocenters. The van der Waals surface area contributed by atoms with Gasteiger partial charge >= 0.3 is 18.1 Å². The summed E-state index contributed by atoms with van der Waals surface area (Å²) in [5, 5.41) is 19.6. The number of hydrogen-bond donors (Lipinski definition) is 3. The third-order valence-electron chi connectivity index (χ3n) is 3.10. The number of hydrogen-bond acceptors (Lipinski definition) is 5. The van der Waals surface area contributed by atoms with E-state index < -0.39 is 23.7 Å². The average molecular weight is 439 g/mol. The highest BCUT2D eigenvalue weighted by Crippen LogP contribution is 2.29. The molecule has 0 aliphatic carbocycles. The minimum atomic E-state index is -4.34. The number of carbonyl (C=O) groups is 2. The molecule has 0 heterocycles. The first-order valence-electron chi connectivity index (χ1n) is 8.38. The second kappa shape index (κ2) is 14.4. The predicted octanol–water partition coefficient (Wildman–Crippen LogP) is 3.51. The van der Waals surface area contributed by atoms with E-state index in [0.29, 0.717) is 42.3 Å². The summed E-state index contributed by atoms with van der Waals surface area (Å²) >= 11 is 5.62. The zero-order valence-corrected chi connectivity index (χ0v) is 16.1. The Bertz CT molecular complexity index is 676. The molecule has 162 valence electrons. The highest BCUT2D eigenvalue weighted by atomic mass is 35.5. The van der Waals surface area contributed by atoms with Gasteiger partial charge in [0.2, 0.25) is 0 Å². The minimum absolute atomic E-state index is 0.264. The van der Waals surface area contributed by atoms with Crippen LogP contribution in [0.1, 0.15) is 30.4 Å². The molecule has 4 N–H and O–H groups in total. The average Bonchev–Trinajstić information content (AvgIpc) is 2.65. The largest absolute Gasteiger partial charge is 0.478 e. The monoisotopic (exact) mass is 438 g/mol. The van der Waals surface area contributed by atoms with E-state index in [4.69, 9.17) is 32.4 Å². The van der Waals surface area contributed by atoms with Crippen molar-refractivity contribution in [3.63, 3.8) is 0 Å². The molecular weight excluding hydrogens is 417 g/mol. The summed E-state index contributed by atoms with van der Waals surface area (Å²) in [6.07, 6.45) is -1.05. The lowest BCUT2D eigenvalue weighted by Gasteiger charge is -2.09. The van der Waals surface area contributed by atoms with Crippen LogP contribution in [0, 0.1) is 0 Å². The topological polar surface area (TPSA) is 122 Å². The predicted molar refractivity (Wildman–Crippen MR) is 102 cm³/mol. The summed E-state index contributed by atoms with van der Waals surface area (Å²) in [5.74, 6) is -1.98. The molecule has 0 saturated heterocycles. The molecule has 0 aliphatic rings. The van der Waals surface area contributed by atoms with E-state index >= 15 is 0 Å². The number of oxime groups is 1. The summed E-state index contributed by atoms with van der Waals surface area (Å²) in [5.41, 5.74) is 5.83. The highest BCUT2D eigenvalue weighted by Gasteiger charge is 2.30. The third kappa shape index (κ3) is 13.3. The number of unbranched alkanes of at least 4 members (excludes halogenated alkanes) is 1. The number of alkyl halides is 4. The van der Waals surface area contributed by atoms with Crippen molar-refractivity contribution in [1.82, 2.24) is 0 Å². The maximum Gasteiger partial charge on any atom is 0.416 e. The SMILES string of the molecule is NCCON=C(CCCCCl)c1ccc(C(F)(F)F)cc1.O=C(O)C=CC(=O)O. The number of halogens is 4. The lowest BCUT2D eigenvalue weighted by molar-refractivity contribution is -0.137. The molecule has 0 unspecified atom stereocenters. The standard InChI is InChI=1S/C14H18ClF3N2O.C4H4O4/c15-8-2-1-3-13(20-21-10-9-19)11-4-6-12(7-5-11)14(16,17)18;5-3(6)1-2-4(7)8/h4-7H,1-3,8-10,19H2;1-2H,(H,5,6)(H,7,8). The van der Waals surface area contributed by atoms with Crippen molar-refractivity contribution in [3.05, 3.63) is 47.5 Å². The number of nitrogens with zero attached hydrogens (tertiary/aromatic N) is 1. The van der Waals surface area contributed by atoms with Gasteiger partial charge in [0.05, 0.1) is 11.3 Å². The fourth-order valence-electron chi connectivity index (χ4n) is 1.80. The Morgan fingerprint density at radius 2 is 1.66 bits per heavy atom. The lowest BCUT2D eigenvalue weighted by atomic mass is 10.0. The van der Waals surface area contributed by atoms with Crippen molar-refractivity contribution in [1.29, 1.82) is 0 Å². The number of carboxylic acids is 2. The first-order valence-corrected chi connectivity index (χ1v) is 8.91. The second-order valence-electron chi connectivity index (χ2n) is 5.39. The summed E-state index contributed by atoms with van der Waals surface area (Å²) in [7, 11) is 0. The highest BCUT2D eigenvalue weighted by molar-refractivity contribution is 6.17. The van der Waals surface area contributed by atoms with Gasteiger partial charge in [-0.2, -0.15) is 13.2 Å². The van der Waals surface area contributed by atoms with Gasteiger partial charge in [0, 0.05) is 24.6 Å². The van der Waals surface area contributed by atoms with Crippen LogP contribution < -0.4 is 5.73 Å². The normalized spacial score (nSPS) is 11.7. The molecule has 11 heteroatoms. The van der Waals surface area contributed by atoms with Crippen molar-refractivity contribution in [2.75, 3.05) is 19.0 Å². The first-order chi connectivity index (χ1) is 13.6. The van der Waals surface area contributed by atoms with Crippen LogP contribution in [0.5, 0.6) is 0 Å². The van der Waals surface area contributed by atoms with E-state index in [-0.39, 0.29) is 6.61 Å². The van der Waals surface area contributed by atoms with Gasteiger partial charge in [0.15, 0.2) is 0 Å². The van der Waals surface area contributed by atoms with Crippen LogP contribution in [0.15, 0.2) is 41.6 Å². The van der Waals surface area contributed by atoms with Gasteiger partial charge in [-0.25, -0.2) is 9.59 Å². The van der Waals surface area contributed by atoms with Crippen molar-refractivity contribution < 1.29 is 37.8 Å². The van der Waals surface area contributed by atoms with Gasteiger partial charge in [0.25, 0.3) is 0 Å². The second-order valence-corrected chi connectivity index (χ2v) is 5.77. The van der Waals surface area contributed by atoms with E-state index in [1.54, 1.807) is 0 Å². The molecule has 0 amide bonds. The molecule has 29 heavy (non-hydrogen) atoms. The summed E-state index contributed by atoms with van der Waals surface area (Å²) in [6.45, 7) is 0.588. The maximum atomic E-state index is 12.5. The van der Waals surface area contributed by atoms with E-state index in [9.17, 15) is 22.8 Å². The van der Waals surface area contributed by atoms with E-state index in [0.717, 1.165) is 25.0 Å². The van der Waals surface area contributed by atoms with Crippen LogP contribution in [-0.2, 0) is 20.6 Å². The third-order valence-corrected chi connectivity index (χ3v) is 3.36. The summed E-state index contributed by atoms with van der Waals surface area (Å²) < 4.78 is 37.6. The van der Waals surface area contributed by atoms with Gasteiger partial charge in [-0.3, -0.25) is 0 Å². The van der Waals surface area contributed by atoms with Crippen molar-refractivity contribution in [3.8, 4) is 0 Å². The fourth-order valence-corrected chi connectivity index (χ4v) is 1.99. The molecule has 0 aromatic heterocycles. The number of aliphatic carboxylic acids is 2. The maximum absolute atomic E-state index is 12.5. The Balaban J connectivity index is 0.000000828. The number of benzene rings is 1. The van der Waals surface area contributed by atoms with Crippen LogP contribution in [0.4, 0.5) is 13.2 Å². The Morgan fingerprint density at radius 3 is 2.07 bits per heavy atom. The molecule has 0 spiro atoms. The van der Waals surface area contributed by atoms with Crippen LogP contribution in [0.3, 0.4) is 0 Å². The molecule has 0 fully saturated rings. The fraction of sp³-hybridized carbons (Fsp3) is 0.389. The quantitative estimate of drug-likeness (QED) is 0.169. The number of rotatable bonds is 10. The molecule has 7 nitrogen and oxygen atoms in total. The van der Waals surface area contributed by atoms with Gasteiger partial charge in [0.1, 0.15) is 6.61 Å². The molecule has 1 rings (SSSR count). The Kier molecular flexibility index (Phi) is 13.1. The van der Waals surface area contributed by atoms with Gasteiger partial charge in [-0.15, -0.1) is 11.6 Å². The zero-order valence-electron chi connectivity index (χ0n) is 15.4. The number of nitrogens with two attached hydrogens (primary N) is 1. The van der Waals surface area contributed by atoms with Gasteiger partial charge < -0.3 is 20.8 Å². The van der Waals surface area contributed by atoms with Crippen LogP contribution >= 0.6 is 11.6 Å². The minimum Gasteiger partial charge on any atom is -0.478 e. The zero-order chi connectivity index (χ0) is 22.3. The molecule has 0 bridgehead atoms. The summed E-state index contributed by atoms with van der Waals surface area (Å²) in [4.78, 5) is 24.1. The Morgan fingerprint density at radius 1 is 1.10 bits per heavy atom. The van der Waals surface area contributed by atoms with Crippen LogP contribution in [-0.4, -0.2) is 46.9 Å². The van der Waals surface area contributed by atoms with E-state index in [2.05, 4.69) is 5.16 Å². The molecule has 0 aliphatic heterocycles.